The van der Waals surface area contributed by atoms with E-state index in [0.717, 1.165) is 6.42 Å². The second-order valence-corrected chi connectivity index (χ2v) is 3.39. The fourth-order valence-corrected chi connectivity index (χ4v) is 1.38. The molecule has 80 valence electrons. The van der Waals surface area contributed by atoms with Gasteiger partial charge in [-0.05, 0) is 25.0 Å². The lowest BCUT2D eigenvalue weighted by molar-refractivity contribution is 0.168. The van der Waals surface area contributed by atoms with Gasteiger partial charge in [0.2, 0.25) is 0 Å². The van der Waals surface area contributed by atoms with E-state index in [1.807, 2.05) is 6.07 Å². The monoisotopic (exact) mass is 207 g/mol. The molecule has 5 heteroatoms. The fraction of sp³-hybridized carbons (Fsp3) is 0.400. The van der Waals surface area contributed by atoms with Crippen LogP contribution in [0.15, 0.2) is 22.7 Å². The number of aliphatic hydroxyl groups is 1. The second kappa shape index (κ2) is 4.37. The van der Waals surface area contributed by atoms with Gasteiger partial charge in [-0.25, -0.2) is 4.98 Å². The molecule has 2 rings (SSSR count). The Kier molecular flexibility index (Phi) is 2.94. The first-order valence-electron chi connectivity index (χ1n) is 4.90. The summed E-state index contributed by atoms with van der Waals surface area (Å²) in [6.45, 7) is 0. The van der Waals surface area contributed by atoms with E-state index in [2.05, 4.69) is 9.97 Å². The largest absolute Gasteiger partial charge is 0.439 e. The zero-order chi connectivity index (χ0) is 10.7. The van der Waals surface area contributed by atoms with Crippen LogP contribution in [0.4, 0.5) is 0 Å². The SMILES string of the molecule is NC(O)CCCc1nc2ncccc2o1. The molecule has 15 heavy (non-hydrogen) atoms. The van der Waals surface area contributed by atoms with Crippen LogP contribution in [0.2, 0.25) is 0 Å². The minimum atomic E-state index is -0.757. The fourth-order valence-electron chi connectivity index (χ4n) is 1.38. The zero-order valence-electron chi connectivity index (χ0n) is 8.26. The van der Waals surface area contributed by atoms with Gasteiger partial charge >= 0.3 is 0 Å². The summed E-state index contributed by atoms with van der Waals surface area (Å²) in [6.07, 6.45) is 2.90. The van der Waals surface area contributed by atoms with Crippen molar-refractivity contribution in [2.24, 2.45) is 5.73 Å². The minimum absolute atomic E-state index is 0.548. The van der Waals surface area contributed by atoms with Gasteiger partial charge in [0.25, 0.3) is 0 Å². The van der Waals surface area contributed by atoms with Crippen molar-refractivity contribution >= 4 is 11.2 Å². The van der Waals surface area contributed by atoms with E-state index in [4.69, 9.17) is 15.3 Å². The number of oxazole rings is 1. The molecule has 2 heterocycles. The highest BCUT2D eigenvalue weighted by Gasteiger charge is 2.06. The summed E-state index contributed by atoms with van der Waals surface area (Å²) in [4.78, 5) is 8.28. The maximum Gasteiger partial charge on any atom is 0.198 e. The van der Waals surface area contributed by atoms with Crippen molar-refractivity contribution in [1.29, 1.82) is 0 Å². The molecule has 2 aromatic heterocycles. The summed E-state index contributed by atoms with van der Waals surface area (Å²) < 4.78 is 5.45. The summed E-state index contributed by atoms with van der Waals surface area (Å²) in [5, 5.41) is 8.88. The quantitative estimate of drug-likeness (QED) is 0.725. The number of pyridine rings is 1. The zero-order valence-corrected chi connectivity index (χ0v) is 8.26. The van der Waals surface area contributed by atoms with Gasteiger partial charge in [0.05, 0.1) is 0 Å². The summed E-state index contributed by atoms with van der Waals surface area (Å²) in [5.41, 5.74) is 6.54. The summed E-state index contributed by atoms with van der Waals surface area (Å²) >= 11 is 0. The molecule has 0 aliphatic carbocycles. The van der Waals surface area contributed by atoms with E-state index < -0.39 is 6.23 Å². The molecule has 0 fully saturated rings. The number of nitrogens with two attached hydrogens (primary N) is 1. The highest BCUT2D eigenvalue weighted by Crippen LogP contribution is 2.13. The molecule has 2 aromatic rings. The number of hydrogen-bond donors (Lipinski definition) is 2. The predicted octanol–water partition coefficient (Wildman–Crippen LogP) is 0.823. The van der Waals surface area contributed by atoms with Gasteiger partial charge in [-0.1, -0.05) is 0 Å². The van der Waals surface area contributed by atoms with Gasteiger partial charge in [-0.15, -0.1) is 0 Å². The summed E-state index contributed by atoms with van der Waals surface area (Å²) in [6, 6.07) is 3.64. The molecule has 3 N–H and O–H groups in total. The third-order valence-corrected chi connectivity index (χ3v) is 2.10. The lowest BCUT2D eigenvalue weighted by Crippen LogP contribution is -2.18. The first kappa shape index (κ1) is 10.1. The van der Waals surface area contributed by atoms with E-state index in [9.17, 15) is 0 Å². The second-order valence-electron chi connectivity index (χ2n) is 3.39. The molecule has 0 spiro atoms. The van der Waals surface area contributed by atoms with Crippen LogP contribution in [0.3, 0.4) is 0 Å². The van der Waals surface area contributed by atoms with Crippen molar-refractivity contribution in [3.05, 3.63) is 24.2 Å². The van der Waals surface area contributed by atoms with E-state index in [1.165, 1.54) is 0 Å². The summed E-state index contributed by atoms with van der Waals surface area (Å²) in [5.74, 6) is 0.643. The van der Waals surface area contributed by atoms with Crippen molar-refractivity contribution in [2.45, 2.75) is 25.5 Å². The Morgan fingerprint density at radius 3 is 3.13 bits per heavy atom. The number of aliphatic hydroxyl groups excluding tert-OH is 1. The van der Waals surface area contributed by atoms with Gasteiger partial charge in [0.15, 0.2) is 17.1 Å². The Labute approximate surface area is 86.9 Å². The average Bonchev–Trinajstić information content (AvgIpc) is 2.59. The van der Waals surface area contributed by atoms with E-state index >= 15 is 0 Å². The van der Waals surface area contributed by atoms with Crippen LogP contribution in [-0.2, 0) is 6.42 Å². The predicted molar refractivity (Wildman–Crippen MR) is 54.9 cm³/mol. The van der Waals surface area contributed by atoms with Crippen LogP contribution in [0.1, 0.15) is 18.7 Å². The van der Waals surface area contributed by atoms with Crippen molar-refractivity contribution in [3.8, 4) is 0 Å². The Bertz CT molecular complexity index is 406. The van der Waals surface area contributed by atoms with Gasteiger partial charge in [-0.2, -0.15) is 4.98 Å². The number of nitrogens with zero attached hydrogens (tertiary/aromatic N) is 2. The van der Waals surface area contributed by atoms with Crippen molar-refractivity contribution < 1.29 is 9.52 Å². The molecular weight excluding hydrogens is 194 g/mol. The van der Waals surface area contributed by atoms with Crippen molar-refractivity contribution in [3.63, 3.8) is 0 Å². The number of fused-ring (bicyclic) bond motifs is 1. The molecule has 0 saturated heterocycles. The molecule has 0 aromatic carbocycles. The molecule has 5 nitrogen and oxygen atoms in total. The van der Waals surface area contributed by atoms with Crippen LogP contribution in [-0.4, -0.2) is 21.3 Å². The van der Waals surface area contributed by atoms with Crippen LogP contribution in [0, 0.1) is 0 Å². The van der Waals surface area contributed by atoms with Crippen LogP contribution in [0.25, 0.3) is 11.2 Å². The van der Waals surface area contributed by atoms with Gasteiger partial charge in [-0.3, -0.25) is 0 Å². The molecule has 0 amide bonds. The number of aryl methyl sites for hydroxylation is 1. The first-order chi connectivity index (χ1) is 7.25. The third kappa shape index (κ3) is 2.51. The summed E-state index contributed by atoms with van der Waals surface area (Å²) in [7, 11) is 0. The number of aromatic nitrogens is 2. The maximum atomic E-state index is 8.88. The Morgan fingerprint density at radius 2 is 2.40 bits per heavy atom. The lowest BCUT2D eigenvalue weighted by atomic mass is 10.2. The van der Waals surface area contributed by atoms with E-state index in [0.29, 0.717) is 30.0 Å². The molecule has 1 unspecified atom stereocenters. The standard InChI is InChI=1S/C10H13N3O2/c11-8(14)4-1-5-9-13-10-7(15-9)3-2-6-12-10/h2-3,6,8,14H,1,4-5,11H2. The lowest BCUT2D eigenvalue weighted by Gasteiger charge is -2.00. The van der Waals surface area contributed by atoms with Crippen molar-refractivity contribution in [2.75, 3.05) is 0 Å². The van der Waals surface area contributed by atoms with E-state index in [-0.39, 0.29) is 0 Å². The molecule has 0 aliphatic heterocycles. The molecule has 0 saturated carbocycles. The number of rotatable bonds is 4. The number of hydrogen-bond acceptors (Lipinski definition) is 5. The Morgan fingerprint density at radius 1 is 1.53 bits per heavy atom. The maximum absolute atomic E-state index is 8.88. The smallest absolute Gasteiger partial charge is 0.198 e. The normalized spacial score (nSPS) is 13.2. The third-order valence-electron chi connectivity index (χ3n) is 2.10. The minimum Gasteiger partial charge on any atom is -0.439 e. The average molecular weight is 207 g/mol. The van der Waals surface area contributed by atoms with Crippen molar-refractivity contribution in [1.82, 2.24) is 9.97 Å². The van der Waals surface area contributed by atoms with Gasteiger partial charge in [0, 0.05) is 12.6 Å². The first-order valence-corrected chi connectivity index (χ1v) is 4.90. The van der Waals surface area contributed by atoms with Crippen LogP contribution in [0.5, 0.6) is 0 Å². The molecule has 0 bridgehead atoms. The van der Waals surface area contributed by atoms with Gasteiger partial charge in [0.1, 0.15) is 6.23 Å². The van der Waals surface area contributed by atoms with Crippen LogP contribution >= 0.6 is 0 Å². The van der Waals surface area contributed by atoms with E-state index in [1.54, 1.807) is 12.3 Å². The molecular formula is C10H13N3O2. The Balaban J connectivity index is 2.03. The highest BCUT2D eigenvalue weighted by atomic mass is 16.3. The topological polar surface area (TPSA) is 85.2 Å². The highest BCUT2D eigenvalue weighted by molar-refractivity contribution is 5.66. The van der Waals surface area contributed by atoms with Gasteiger partial charge < -0.3 is 15.3 Å². The molecule has 0 aliphatic rings. The van der Waals surface area contributed by atoms with Crippen LogP contribution < -0.4 is 5.73 Å². The molecule has 1 atom stereocenters. The molecule has 0 radical (unpaired) electrons. The Hall–Kier alpha value is -1.46.